The van der Waals surface area contributed by atoms with Crippen molar-refractivity contribution >= 4 is 28.4 Å². The molecule has 0 amide bonds. The molecule has 0 saturated carbocycles. The fraction of sp³-hybridized carbons (Fsp3) is 0. The minimum Gasteiger partial charge on any atom is -0.399 e. The lowest BCUT2D eigenvalue weighted by Crippen LogP contribution is -1.96. The van der Waals surface area contributed by atoms with Gasteiger partial charge >= 0.3 is 5.69 Å². The number of halogens is 1. The van der Waals surface area contributed by atoms with E-state index in [1.54, 1.807) is 18.2 Å². The Bertz CT molecular complexity index is 1180. The molecule has 0 spiro atoms. The fourth-order valence-electron chi connectivity index (χ4n) is 2.47. The predicted octanol–water partition coefficient (Wildman–Crippen LogP) is 6.34. The molecule has 0 aromatic heterocycles. The van der Waals surface area contributed by atoms with Crippen molar-refractivity contribution in [1.29, 1.82) is 0 Å². The van der Waals surface area contributed by atoms with Crippen LogP contribution in [0.1, 0.15) is 0 Å². The zero-order valence-electron chi connectivity index (χ0n) is 17.4. The molecule has 8 nitrogen and oxygen atoms in total. The monoisotopic (exact) mass is 448 g/mol. The molecule has 0 saturated heterocycles. The van der Waals surface area contributed by atoms with E-state index < -0.39 is 21.4 Å². The second-order valence-electron chi connectivity index (χ2n) is 6.38. The van der Waals surface area contributed by atoms with Crippen molar-refractivity contribution < 1.29 is 14.2 Å². The Balaban J connectivity index is 0.000000193. The second kappa shape index (κ2) is 12.8. The first-order valence-corrected chi connectivity index (χ1v) is 9.63. The normalized spacial score (nSPS) is 9.36. The predicted molar refractivity (Wildman–Crippen MR) is 127 cm³/mol. The van der Waals surface area contributed by atoms with Crippen LogP contribution in [0.4, 0.5) is 32.8 Å². The Labute approximate surface area is 189 Å². The van der Waals surface area contributed by atoms with Crippen molar-refractivity contribution in [1.82, 2.24) is 0 Å². The van der Waals surface area contributed by atoms with Crippen LogP contribution < -0.4 is 11.1 Å². The van der Waals surface area contributed by atoms with Gasteiger partial charge in [0.25, 0.3) is 5.69 Å². The number of nitro benzene ring substituents is 2. The summed E-state index contributed by atoms with van der Waals surface area (Å²) in [5.74, 6) is -0.799. The van der Waals surface area contributed by atoms with E-state index in [-0.39, 0.29) is 5.69 Å². The second-order valence-corrected chi connectivity index (χ2v) is 6.38. The lowest BCUT2D eigenvalue weighted by atomic mass is 10.2. The molecular weight excluding hydrogens is 427 g/mol. The SMILES string of the molecule is Nc1ccccc1.O=[N+]([O-])c1ccccc1F.O=[N+]([O-])c1ccccc1Nc1ccccc1. The average Bonchev–Trinajstić information content (AvgIpc) is 2.81. The van der Waals surface area contributed by atoms with Gasteiger partial charge in [-0.05, 0) is 36.4 Å². The maximum atomic E-state index is 12.4. The lowest BCUT2D eigenvalue weighted by molar-refractivity contribution is -0.387. The zero-order chi connectivity index (χ0) is 24.1. The van der Waals surface area contributed by atoms with Gasteiger partial charge in [-0.25, -0.2) is 0 Å². The van der Waals surface area contributed by atoms with Crippen LogP contribution in [0.15, 0.2) is 109 Å². The molecule has 9 heteroatoms. The number of nitrogens with two attached hydrogens (primary N) is 1. The van der Waals surface area contributed by atoms with Crippen molar-refractivity contribution in [2.45, 2.75) is 0 Å². The van der Waals surface area contributed by atoms with Gasteiger partial charge in [0.1, 0.15) is 5.69 Å². The smallest absolute Gasteiger partial charge is 0.304 e. The summed E-state index contributed by atoms with van der Waals surface area (Å²) in [4.78, 5) is 19.6. The largest absolute Gasteiger partial charge is 0.399 e. The minimum absolute atomic E-state index is 0.0753. The first kappa shape index (κ1) is 24.5. The first-order chi connectivity index (χ1) is 15.9. The number of hydrogen-bond donors (Lipinski definition) is 2. The topological polar surface area (TPSA) is 124 Å². The molecule has 4 rings (SSSR count). The van der Waals surface area contributed by atoms with E-state index in [1.165, 1.54) is 18.2 Å². The summed E-state index contributed by atoms with van der Waals surface area (Å²) in [7, 11) is 0. The molecular formula is C24H21FN4O4. The van der Waals surface area contributed by atoms with E-state index in [9.17, 15) is 24.6 Å². The average molecular weight is 448 g/mol. The van der Waals surface area contributed by atoms with Crippen molar-refractivity contribution in [3.8, 4) is 0 Å². The number of nitrogen functional groups attached to an aromatic ring is 1. The molecule has 0 heterocycles. The summed E-state index contributed by atoms with van der Waals surface area (Å²) in [5, 5.41) is 23.8. The Morgan fingerprint density at radius 3 is 1.55 bits per heavy atom. The molecule has 0 aliphatic heterocycles. The molecule has 33 heavy (non-hydrogen) atoms. The van der Waals surface area contributed by atoms with E-state index in [0.29, 0.717) is 5.69 Å². The highest BCUT2D eigenvalue weighted by molar-refractivity contribution is 5.69. The van der Waals surface area contributed by atoms with E-state index in [0.717, 1.165) is 23.5 Å². The van der Waals surface area contributed by atoms with Crippen LogP contribution in [0.3, 0.4) is 0 Å². The molecule has 0 atom stereocenters. The molecule has 0 aliphatic carbocycles. The first-order valence-electron chi connectivity index (χ1n) is 9.63. The van der Waals surface area contributed by atoms with Gasteiger partial charge < -0.3 is 11.1 Å². The third kappa shape index (κ3) is 8.46. The lowest BCUT2D eigenvalue weighted by Gasteiger charge is -2.06. The minimum atomic E-state index is -0.799. The Morgan fingerprint density at radius 1 is 0.636 bits per heavy atom. The highest BCUT2D eigenvalue weighted by Crippen LogP contribution is 2.26. The highest BCUT2D eigenvalue weighted by Gasteiger charge is 2.12. The van der Waals surface area contributed by atoms with Crippen molar-refractivity contribution in [2.75, 3.05) is 11.1 Å². The number of para-hydroxylation sites is 5. The zero-order valence-corrected chi connectivity index (χ0v) is 17.4. The van der Waals surface area contributed by atoms with Gasteiger partial charge in [0.05, 0.1) is 9.85 Å². The van der Waals surface area contributed by atoms with Crippen molar-refractivity contribution in [2.24, 2.45) is 0 Å². The van der Waals surface area contributed by atoms with E-state index in [4.69, 9.17) is 5.73 Å². The Hall–Kier alpha value is -4.79. The molecule has 3 N–H and O–H groups in total. The third-order valence-electron chi connectivity index (χ3n) is 4.00. The summed E-state index contributed by atoms with van der Waals surface area (Å²) >= 11 is 0. The van der Waals surface area contributed by atoms with E-state index >= 15 is 0 Å². The van der Waals surface area contributed by atoms with E-state index in [2.05, 4.69) is 5.32 Å². The standard InChI is InChI=1S/C12H10N2O2.C6H4FNO2.C6H7N/c15-14(16)12-9-5-4-8-11(12)13-10-6-2-1-3-7-10;7-5-3-1-2-4-6(5)8(9)10;7-6-4-2-1-3-5-6/h1-9,13H;1-4H;1-5H,7H2. The van der Waals surface area contributed by atoms with Gasteiger partial charge in [-0.1, -0.05) is 60.7 Å². The number of nitrogens with one attached hydrogen (secondary N) is 1. The quantitative estimate of drug-likeness (QED) is 0.213. The summed E-state index contributed by atoms with van der Waals surface area (Å²) < 4.78 is 12.4. The summed E-state index contributed by atoms with van der Waals surface area (Å²) in [6.45, 7) is 0. The van der Waals surface area contributed by atoms with Gasteiger partial charge in [-0.15, -0.1) is 0 Å². The summed E-state index contributed by atoms with van der Waals surface area (Å²) in [6.07, 6.45) is 0. The van der Waals surface area contributed by atoms with Crippen LogP contribution in [0.5, 0.6) is 0 Å². The molecule has 4 aromatic carbocycles. The maximum absolute atomic E-state index is 12.4. The van der Waals surface area contributed by atoms with Gasteiger partial charge in [0.2, 0.25) is 5.82 Å². The number of rotatable bonds is 4. The molecule has 0 fully saturated rings. The summed E-state index contributed by atoms with van der Waals surface area (Å²) in [5.41, 5.74) is 7.10. The van der Waals surface area contributed by atoms with Gasteiger partial charge in [-0.2, -0.15) is 4.39 Å². The molecule has 0 radical (unpaired) electrons. The van der Waals surface area contributed by atoms with Crippen LogP contribution >= 0.6 is 0 Å². The van der Waals surface area contributed by atoms with Gasteiger partial charge in [0, 0.05) is 23.5 Å². The molecule has 0 unspecified atom stereocenters. The highest BCUT2D eigenvalue weighted by atomic mass is 19.1. The van der Waals surface area contributed by atoms with Gasteiger partial charge in [0.15, 0.2) is 0 Å². The van der Waals surface area contributed by atoms with Crippen LogP contribution in [0, 0.1) is 26.0 Å². The summed E-state index contributed by atoms with van der Waals surface area (Å²) in [6, 6.07) is 30.4. The van der Waals surface area contributed by atoms with Crippen LogP contribution in [0.2, 0.25) is 0 Å². The molecule has 168 valence electrons. The number of nitro groups is 2. The van der Waals surface area contributed by atoms with Crippen molar-refractivity contribution in [3.05, 3.63) is 135 Å². The maximum Gasteiger partial charge on any atom is 0.304 e. The fourth-order valence-corrected chi connectivity index (χ4v) is 2.47. The van der Waals surface area contributed by atoms with Crippen LogP contribution in [-0.4, -0.2) is 9.85 Å². The van der Waals surface area contributed by atoms with Crippen LogP contribution in [0.25, 0.3) is 0 Å². The molecule has 4 aromatic rings. The number of anilines is 3. The number of hydrogen-bond acceptors (Lipinski definition) is 6. The van der Waals surface area contributed by atoms with Gasteiger partial charge in [-0.3, -0.25) is 20.2 Å². The van der Waals surface area contributed by atoms with Crippen LogP contribution in [-0.2, 0) is 0 Å². The van der Waals surface area contributed by atoms with Crippen molar-refractivity contribution in [3.63, 3.8) is 0 Å². The number of nitrogens with zero attached hydrogens (tertiary/aromatic N) is 2. The third-order valence-corrected chi connectivity index (χ3v) is 4.00. The Morgan fingerprint density at radius 2 is 1.09 bits per heavy atom. The van der Waals surface area contributed by atoms with E-state index in [1.807, 2.05) is 60.7 Å². The Kier molecular flexibility index (Phi) is 9.50. The molecule has 0 bridgehead atoms. The number of benzene rings is 4. The molecule has 0 aliphatic rings.